The van der Waals surface area contributed by atoms with Gasteiger partial charge in [0.15, 0.2) is 0 Å². The number of aromatic nitrogens is 2. The Labute approximate surface area is 128 Å². The third-order valence-electron chi connectivity index (χ3n) is 3.75. The molecular formula is C16H18FN3O2. The molecule has 0 bridgehead atoms. The van der Waals surface area contributed by atoms with Gasteiger partial charge in [-0.05, 0) is 18.6 Å². The molecular weight excluding hydrogens is 285 g/mol. The smallest absolute Gasteiger partial charge is 0.227 e. The minimum Gasteiger partial charge on any atom is -0.367 e. The van der Waals surface area contributed by atoms with E-state index in [1.54, 1.807) is 29.3 Å². The Morgan fingerprint density at radius 1 is 1.50 bits per heavy atom. The number of aromatic amines is 1. The molecule has 5 nitrogen and oxygen atoms in total. The Kier molecular flexibility index (Phi) is 4.20. The molecule has 0 radical (unpaired) electrons. The summed E-state index contributed by atoms with van der Waals surface area (Å²) in [5.41, 5.74) is 1.37. The topological polar surface area (TPSA) is 58.2 Å². The van der Waals surface area contributed by atoms with E-state index in [2.05, 4.69) is 9.97 Å². The van der Waals surface area contributed by atoms with Gasteiger partial charge in [0.1, 0.15) is 17.7 Å². The minimum atomic E-state index is -0.345. The van der Waals surface area contributed by atoms with Crippen molar-refractivity contribution >= 4 is 5.91 Å². The summed E-state index contributed by atoms with van der Waals surface area (Å²) in [4.78, 5) is 21.5. The number of morpholine rings is 1. The van der Waals surface area contributed by atoms with Crippen molar-refractivity contribution in [1.29, 1.82) is 0 Å². The Hall–Kier alpha value is -2.21. The van der Waals surface area contributed by atoms with Gasteiger partial charge >= 0.3 is 0 Å². The highest BCUT2D eigenvalue weighted by atomic mass is 19.1. The zero-order valence-electron chi connectivity index (χ0n) is 12.4. The van der Waals surface area contributed by atoms with Gasteiger partial charge in [0, 0.05) is 18.4 Å². The molecule has 2 aromatic rings. The van der Waals surface area contributed by atoms with Crippen molar-refractivity contribution < 1.29 is 13.9 Å². The number of ether oxygens (including phenoxy) is 1. The van der Waals surface area contributed by atoms with Crippen LogP contribution < -0.4 is 0 Å². The first-order valence-corrected chi connectivity index (χ1v) is 7.28. The molecule has 3 rings (SSSR count). The van der Waals surface area contributed by atoms with E-state index < -0.39 is 0 Å². The standard InChI is InChI=1S/C16H18FN3O2/c1-11-9-18-16(19-11)14-10-20(6-7-22-14)15(21)8-12-4-2-3-5-13(12)17/h2-5,9,14H,6-8,10H2,1H3,(H,18,19)/t14-/m1/s1. The van der Waals surface area contributed by atoms with Crippen LogP contribution in [0.25, 0.3) is 0 Å². The van der Waals surface area contributed by atoms with Gasteiger partial charge in [-0.1, -0.05) is 18.2 Å². The van der Waals surface area contributed by atoms with Crippen LogP contribution in [0.5, 0.6) is 0 Å². The van der Waals surface area contributed by atoms with Gasteiger partial charge in [0.25, 0.3) is 0 Å². The summed E-state index contributed by atoms with van der Waals surface area (Å²) < 4.78 is 19.3. The third-order valence-corrected chi connectivity index (χ3v) is 3.75. The van der Waals surface area contributed by atoms with Gasteiger partial charge in [-0.25, -0.2) is 9.37 Å². The lowest BCUT2D eigenvalue weighted by atomic mass is 10.1. The van der Waals surface area contributed by atoms with Crippen molar-refractivity contribution in [1.82, 2.24) is 14.9 Å². The molecule has 22 heavy (non-hydrogen) atoms. The fourth-order valence-corrected chi connectivity index (χ4v) is 2.55. The maximum atomic E-state index is 13.7. The molecule has 1 aromatic heterocycles. The first-order chi connectivity index (χ1) is 10.6. The summed E-state index contributed by atoms with van der Waals surface area (Å²) in [6, 6.07) is 6.37. The van der Waals surface area contributed by atoms with Crippen LogP contribution in [0.1, 0.15) is 23.2 Å². The van der Waals surface area contributed by atoms with E-state index in [0.717, 1.165) is 11.5 Å². The summed E-state index contributed by atoms with van der Waals surface area (Å²) in [6.45, 7) is 3.32. The lowest BCUT2D eigenvalue weighted by Gasteiger charge is -2.32. The zero-order chi connectivity index (χ0) is 15.5. The number of carbonyl (C=O) groups excluding carboxylic acids is 1. The molecule has 1 amide bonds. The summed E-state index contributed by atoms with van der Waals surface area (Å²) in [7, 11) is 0. The van der Waals surface area contributed by atoms with E-state index in [4.69, 9.17) is 4.74 Å². The fraction of sp³-hybridized carbons (Fsp3) is 0.375. The maximum Gasteiger partial charge on any atom is 0.227 e. The van der Waals surface area contributed by atoms with Crippen molar-refractivity contribution in [2.24, 2.45) is 0 Å². The third kappa shape index (κ3) is 3.17. The molecule has 1 fully saturated rings. The van der Waals surface area contributed by atoms with Gasteiger partial charge in [-0.3, -0.25) is 4.79 Å². The number of halogens is 1. The van der Waals surface area contributed by atoms with Crippen molar-refractivity contribution in [2.45, 2.75) is 19.4 Å². The number of nitrogens with zero attached hydrogens (tertiary/aromatic N) is 2. The molecule has 6 heteroatoms. The number of benzene rings is 1. The number of imidazole rings is 1. The van der Waals surface area contributed by atoms with Crippen molar-refractivity contribution in [3.63, 3.8) is 0 Å². The Morgan fingerprint density at radius 3 is 3.05 bits per heavy atom. The van der Waals surface area contributed by atoms with Crippen molar-refractivity contribution in [3.05, 3.63) is 53.4 Å². The second-order valence-corrected chi connectivity index (χ2v) is 5.42. The van der Waals surface area contributed by atoms with E-state index in [1.165, 1.54) is 6.07 Å². The van der Waals surface area contributed by atoms with Crippen LogP contribution in [-0.4, -0.2) is 40.5 Å². The molecule has 0 saturated carbocycles. The van der Waals surface area contributed by atoms with Crippen LogP contribution in [-0.2, 0) is 16.0 Å². The molecule has 1 N–H and O–H groups in total. The van der Waals surface area contributed by atoms with E-state index in [-0.39, 0.29) is 24.2 Å². The molecule has 1 atom stereocenters. The quantitative estimate of drug-likeness (QED) is 0.943. The SMILES string of the molecule is Cc1cnc([C@H]2CN(C(=O)Cc3ccccc3F)CCO2)[nH]1. The molecule has 116 valence electrons. The number of aryl methyl sites for hydroxylation is 1. The van der Waals surface area contributed by atoms with Gasteiger partial charge in [-0.15, -0.1) is 0 Å². The lowest BCUT2D eigenvalue weighted by molar-refractivity contribution is -0.138. The summed E-state index contributed by atoms with van der Waals surface area (Å²) in [5, 5.41) is 0. The number of hydrogen-bond acceptors (Lipinski definition) is 3. The number of H-pyrrole nitrogens is 1. The largest absolute Gasteiger partial charge is 0.367 e. The maximum absolute atomic E-state index is 13.7. The van der Waals surface area contributed by atoms with Gasteiger partial charge < -0.3 is 14.6 Å². The van der Waals surface area contributed by atoms with Crippen LogP contribution >= 0.6 is 0 Å². The Balaban J connectivity index is 1.66. The van der Waals surface area contributed by atoms with Crippen molar-refractivity contribution in [2.75, 3.05) is 19.7 Å². The summed E-state index contributed by atoms with van der Waals surface area (Å²) in [5.74, 6) is 0.282. The average molecular weight is 303 g/mol. The number of amides is 1. The van der Waals surface area contributed by atoms with Crippen LogP contribution in [0.2, 0.25) is 0 Å². The van der Waals surface area contributed by atoms with Crippen LogP contribution in [0, 0.1) is 12.7 Å². The molecule has 0 unspecified atom stereocenters. The van der Waals surface area contributed by atoms with Crippen LogP contribution in [0.15, 0.2) is 30.5 Å². The fourth-order valence-electron chi connectivity index (χ4n) is 2.55. The lowest BCUT2D eigenvalue weighted by Crippen LogP contribution is -2.43. The van der Waals surface area contributed by atoms with Gasteiger partial charge in [0.2, 0.25) is 5.91 Å². The van der Waals surface area contributed by atoms with Gasteiger partial charge in [0.05, 0.1) is 19.6 Å². The molecule has 1 aliphatic rings. The van der Waals surface area contributed by atoms with E-state index >= 15 is 0 Å². The highest BCUT2D eigenvalue weighted by molar-refractivity contribution is 5.79. The predicted molar refractivity (Wildman–Crippen MR) is 78.7 cm³/mol. The molecule has 1 saturated heterocycles. The highest BCUT2D eigenvalue weighted by Gasteiger charge is 2.27. The first-order valence-electron chi connectivity index (χ1n) is 7.28. The second-order valence-electron chi connectivity index (χ2n) is 5.42. The molecule has 1 aliphatic heterocycles. The van der Waals surface area contributed by atoms with E-state index in [1.807, 2.05) is 6.92 Å². The number of nitrogens with one attached hydrogen (secondary N) is 1. The minimum absolute atomic E-state index is 0.0660. The Bertz CT molecular complexity index is 671. The van der Waals surface area contributed by atoms with Crippen molar-refractivity contribution in [3.8, 4) is 0 Å². The second kappa shape index (κ2) is 6.27. The van der Waals surface area contributed by atoms with Crippen LogP contribution in [0.3, 0.4) is 0 Å². The summed E-state index contributed by atoms with van der Waals surface area (Å²) in [6.07, 6.45) is 1.54. The van der Waals surface area contributed by atoms with E-state index in [9.17, 15) is 9.18 Å². The van der Waals surface area contributed by atoms with E-state index in [0.29, 0.717) is 25.3 Å². The molecule has 1 aromatic carbocycles. The molecule has 0 aliphatic carbocycles. The van der Waals surface area contributed by atoms with Crippen LogP contribution in [0.4, 0.5) is 4.39 Å². The average Bonchev–Trinajstić information content (AvgIpc) is 2.96. The predicted octanol–water partition coefficient (Wildman–Crippen LogP) is 2.00. The highest BCUT2D eigenvalue weighted by Crippen LogP contribution is 2.20. The van der Waals surface area contributed by atoms with Gasteiger partial charge in [-0.2, -0.15) is 0 Å². The molecule has 0 spiro atoms. The number of hydrogen-bond donors (Lipinski definition) is 1. The normalized spacial score (nSPS) is 18.5. The monoisotopic (exact) mass is 303 g/mol. The number of carbonyl (C=O) groups is 1. The summed E-state index contributed by atoms with van der Waals surface area (Å²) >= 11 is 0. The number of rotatable bonds is 3. The molecule has 2 heterocycles. The zero-order valence-corrected chi connectivity index (χ0v) is 12.4. The first kappa shape index (κ1) is 14.7. The Morgan fingerprint density at radius 2 is 2.32 bits per heavy atom.